The van der Waals surface area contributed by atoms with Gasteiger partial charge in [-0.1, -0.05) is 0 Å². The molecule has 1 saturated heterocycles. The zero-order chi connectivity index (χ0) is 21.8. The van der Waals surface area contributed by atoms with Crippen LogP contribution >= 0.6 is 11.8 Å². The molecule has 0 saturated carbocycles. The average Bonchev–Trinajstić information content (AvgIpc) is 3.11. The molecule has 1 fully saturated rings. The number of aromatic hydroxyl groups is 1. The van der Waals surface area contributed by atoms with E-state index < -0.39 is 29.3 Å². The third kappa shape index (κ3) is 4.35. The highest BCUT2D eigenvalue weighted by Crippen LogP contribution is 2.45. The van der Waals surface area contributed by atoms with Crippen molar-refractivity contribution >= 4 is 29.6 Å². The molecule has 1 amide bonds. The molecule has 1 heterocycles. The second kappa shape index (κ2) is 9.23. The Morgan fingerprint density at radius 2 is 1.66 bits per heavy atom. The van der Waals surface area contributed by atoms with Crippen molar-refractivity contribution in [3.8, 4) is 17.2 Å². The smallest absolute Gasteiger partial charge is 0.349 e. The van der Waals surface area contributed by atoms with Gasteiger partial charge in [-0.3, -0.25) is 4.79 Å². The van der Waals surface area contributed by atoms with E-state index in [1.165, 1.54) is 30.9 Å². The maximum atomic E-state index is 12.4. The lowest BCUT2D eigenvalue weighted by Gasteiger charge is -2.29. The largest absolute Gasteiger partial charge is 0.502 e. The summed E-state index contributed by atoms with van der Waals surface area (Å²) in [7, 11) is 4.83. The van der Waals surface area contributed by atoms with Crippen molar-refractivity contribution < 1.29 is 43.5 Å². The molecule has 1 aliphatic heterocycles. The summed E-state index contributed by atoms with van der Waals surface area (Å²) in [6, 6.07) is 3.13. The van der Waals surface area contributed by atoms with Gasteiger partial charge in [0.1, 0.15) is 5.37 Å². The maximum absolute atomic E-state index is 12.4. The Hall–Kier alpha value is -2.66. The Morgan fingerprint density at radius 3 is 2.10 bits per heavy atom. The van der Waals surface area contributed by atoms with Crippen LogP contribution in [0.2, 0.25) is 0 Å². The number of amides is 1. The highest BCUT2D eigenvalue weighted by Gasteiger charge is 2.48. The van der Waals surface area contributed by atoms with Crippen LogP contribution in [0.3, 0.4) is 0 Å². The average molecular weight is 429 g/mol. The molecule has 0 aliphatic carbocycles. The zero-order valence-corrected chi connectivity index (χ0v) is 17.3. The summed E-state index contributed by atoms with van der Waals surface area (Å²) in [5, 5.41) is 20.1. The number of thioether (sulfide) groups is 1. The Morgan fingerprint density at radius 1 is 1.14 bits per heavy atom. The minimum absolute atomic E-state index is 0.122. The fourth-order valence-electron chi connectivity index (χ4n) is 2.94. The van der Waals surface area contributed by atoms with E-state index >= 15 is 0 Å². The number of methoxy groups -OCH3 is 4. The predicted octanol–water partition coefficient (Wildman–Crippen LogP) is 0.451. The number of ether oxygens (including phenoxy) is 4. The molecule has 2 N–H and O–H groups in total. The zero-order valence-electron chi connectivity index (χ0n) is 16.5. The van der Waals surface area contributed by atoms with Crippen LogP contribution in [0.15, 0.2) is 12.1 Å². The summed E-state index contributed by atoms with van der Waals surface area (Å²) in [6.45, 7) is -0.122. The third-order valence-electron chi connectivity index (χ3n) is 4.52. The number of phenolic OH excluding ortho intramolecular Hbond substituents is 1. The van der Waals surface area contributed by atoms with Crippen molar-refractivity contribution in [1.82, 2.24) is 4.90 Å². The number of phenols is 1. The molecule has 0 bridgehead atoms. The van der Waals surface area contributed by atoms with Crippen LogP contribution in [0.25, 0.3) is 0 Å². The van der Waals surface area contributed by atoms with E-state index in [4.69, 9.17) is 9.47 Å². The van der Waals surface area contributed by atoms with Gasteiger partial charge < -0.3 is 34.1 Å². The van der Waals surface area contributed by atoms with Gasteiger partial charge in [0.15, 0.2) is 11.5 Å². The van der Waals surface area contributed by atoms with Gasteiger partial charge in [-0.05, 0) is 17.7 Å². The standard InChI is InChI=1S/C18H23NO9S/c1-25-11-7-10(8-12(26-2)14(11)21)15-19(13(20)9-29-15)6-5-18(24,16(22)27-3)17(23)28-4/h7-8,15,21,24H,5-6,9H2,1-4H3. The lowest BCUT2D eigenvalue weighted by Crippen LogP contribution is -2.50. The lowest BCUT2D eigenvalue weighted by molar-refractivity contribution is -0.181. The summed E-state index contributed by atoms with van der Waals surface area (Å²) in [5.74, 6) is -2.28. The van der Waals surface area contributed by atoms with Gasteiger partial charge in [0, 0.05) is 13.0 Å². The van der Waals surface area contributed by atoms with Crippen LogP contribution < -0.4 is 9.47 Å². The molecule has 0 spiro atoms. The number of hydrogen-bond acceptors (Lipinski definition) is 10. The first-order valence-electron chi connectivity index (χ1n) is 8.48. The minimum atomic E-state index is -2.54. The van der Waals surface area contributed by atoms with E-state index in [9.17, 15) is 24.6 Å². The number of carbonyl (C=O) groups is 3. The fraction of sp³-hybridized carbons (Fsp3) is 0.500. The highest BCUT2D eigenvalue weighted by molar-refractivity contribution is 8.00. The number of carbonyl (C=O) groups excluding carboxylic acids is 3. The van der Waals surface area contributed by atoms with Crippen LogP contribution in [-0.4, -0.2) is 79.3 Å². The third-order valence-corrected chi connectivity index (χ3v) is 5.77. The lowest BCUT2D eigenvalue weighted by atomic mass is 9.99. The summed E-state index contributed by atoms with van der Waals surface area (Å²) in [6.07, 6.45) is -0.415. The van der Waals surface area contributed by atoms with Gasteiger partial charge in [-0.15, -0.1) is 11.8 Å². The van der Waals surface area contributed by atoms with E-state index in [-0.39, 0.29) is 35.5 Å². The number of hydrogen-bond donors (Lipinski definition) is 2. The van der Waals surface area contributed by atoms with E-state index in [1.54, 1.807) is 12.1 Å². The van der Waals surface area contributed by atoms with E-state index in [1.807, 2.05) is 0 Å². The molecule has 10 nitrogen and oxygen atoms in total. The summed E-state index contributed by atoms with van der Waals surface area (Å²) >= 11 is 1.30. The van der Waals surface area contributed by atoms with Crippen molar-refractivity contribution in [2.75, 3.05) is 40.7 Å². The topological polar surface area (TPSA) is 132 Å². The normalized spacial score (nSPS) is 16.5. The Labute approximate surface area is 171 Å². The first-order valence-corrected chi connectivity index (χ1v) is 9.53. The number of esters is 2. The number of benzene rings is 1. The van der Waals surface area contributed by atoms with Crippen LogP contribution in [0.1, 0.15) is 17.4 Å². The minimum Gasteiger partial charge on any atom is -0.502 e. The molecule has 2 rings (SSSR count). The van der Waals surface area contributed by atoms with Gasteiger partial charge in [-0.25, -0.2) is 9.59 Å². The van der Waals surface area contributed by atoms with Gasteiger partial charge >= 0.3 is 11.9 Å². The first-order chi connectivity index (χ1) is 13.7. The van der Waals surface area contributed by atoms with Gasteiger partial charge in [0.25, 0.3) is 5.60 Å². The predicted molar refractivity (Wildman–Crippen MR) is 102 cm³/mol. The molecule has 1 aromatic carbocycles. The second-order valence-corrected chi connectivity index (χ2v) is 7.19. The summed E-state index contributed by atoms with van der Waals surface area (Å²) < 4.78 is 19.3. The van der Waals surface area contributed by atoms with Crippen molar-refractivity contribution in [3.63, 3.8) is 0 Å². The Bertz CT molecular complexity index is 757. The summed E-state index contributed by atoms with van der Waals surface area (Å²) in [5.41, 5.74) is -1.93. The maximum Gasteiger partial charge on any atom is 0.349 e. The van der Waals surface area contributed by atoms with Crippen LogP contribution in [-0.2, 0) is 23.9 Å². The van der Waals surface area contributed by atoms with Gasteiger partial charge in [0.05, 0.1) is 34.2 Å². The van der Waals surface area contributed by atoms with E-state index in [0.717, 1.165) is 14.2 Å². The Balaban J connectivity index is 2.32. The van der Waals surface area contributed by atoms with Crippen LogP contribution in [0.4, 0.5) is 0 Å². The SMILES string of the molecule is COC(=O)C(O)(CCN1C(=O)CSC1c1cc(OC)c(O)c(OC)c1)C(=O)OC. The molecule has 11 heteroatoms. The molecular weight excluding hydrogens is 406 g/mol. The number of aliphatic hydroxyl groups is 1. The van der Waals surface area contributed by atoms with Crippen LogP contribution in [0, 0.1) is 0 Å². The van der Waals surface area contributed by atoms with E-state index in [2.05, 4.69) is 9.47 Å². The molecule has 1 unspecified atom stereocenters. The molecule has 29 heavy (non-hydrogen) atoms. The first kappa shape index (κ1) is 22.6. The van der Waals surface area contributed by atoms with Crippen molar-refractivity contribution in [3.05, 3.63) is 17.7 Å². The van der Waals surface area contributed by atoms with Crippen molar-refractivity contribution in [2.24, 2.45) is 0 Å². The fourth-order valence-corrected chi connectivity index (χ4v) is 4.13. The second-order valence-electron chi connectivity index (χ2n) is 6.12. The number of nitrogens with zero attached hydrogens (tertiary/aromatic N) is 1. The van der Waals surface area contributed by atoms with Crippen molar-refractivity contribution in [1.29, 1.82) is 0 Å². The summed E-state index contributed by atoms with van der Waals surface area (Å²) in [4.78, 5) is 37.7. The van der Waals surface area contributed by atoms with Crippen molar-refractivity contribution in [2.45, 2.75) is 17.4 Å². The van der Waals surface area contributed by atoms with Gasteiger partial charge in [-0.2, -0.15) is 0 Å². The molecule has 1 atom stereocenters. The monoisotopic (exact) mass is 429 g/mol. The Kier molecular flexibility index (Phi) is 7.20. The molecule has 0 radical (unpaired) electrons. The number of rotatable bonds is 8. The molecule has 160 valence electrons. The molecule has 1 aliphatic rings. The molecule has 1 aromatic rings. The highest BCUT2D eigenvalue weighted by atomic mass is 32.2. The van der Waals surface area contributed by atoms with E-state index in [0.29, 0.717) is 5.56 Å². The van der Waals surface area contributed by atoms with Gasteiger partial charge in [0.2, 0.25) is 11.7 Å². The molecular formula is C18H23NO9S. The quantitative estimate of drug-likeness (QED) is 0.443. The molecule has 0 aromatic heterocycles. The van der Waals surface area contributed by atoms with Crippen LogP contribution in [0.5, 0.6) is 17.2 Å².